The molecule has 3 rings (SSSR count). The van der Waals surface area contributed by atoms with Crippen LogP contribution < -0.4 is 5.32 Å². The molecule has 0 aliphatic heterocycles. The summed E-state index contributed by atoms with van der Waals surface area (Å²) in [6.45, 7) is 0. The second-order valence-electron chi connectivity index (χ2n) is 5.38. The average Bonchev–Trinajstić information content (AvgIpc) is 2.98. The fourth-order valence-electron chi connectivity index (χ4n) is 2.50. The van der Waals surface area contributed by atoms with Gasteiger partial charge in [-0.1, -0.05) is 24.3 Å². The van der Waals surface area contributed by atoms with Crippen molar-refractivity contribution in [2.75, 3.05) is 0 Å². The number of rotatable bonds is 4. The second kappa shape index (κ2) is 6.56. The second-order valence-corrected chi connectivity index (χ2v) is 6.45. The standard InChI is InChI=1S/C16H18N2O3S/c19-13(15(21)17-10-6-2-1-3-7-10)14(20)16-18-11-8-4-5-9-12(11)22-16/h2,4-6,8-10,13-14,19-20H,1,3,7H2,(H,17,21). The number of thiazole rings is 1. The summed E-state index contributed by atoms with van der Waals surface area (Å²) >= 11 is 1.28. The molecule has 0 saturated carbocycles. The molecule has 2 aromatic rings. The first-order valence-corrected chi connectivity index (χ1v) is 8.15. The van der Waals surface area contributed by atoms with E-state index in [0.717, 1.165) is 29.5 Å². The maximum atomic E-state index is 12.1. The first-order chi connectivity index (χ1) is 10.6. The lowest BCUT2D eigenvalue weighted by Gasteiger charge is -2.21. The lowest BCUT2D eigenvalue weighted by atomic mass is 10.0. The van der Waals surface area contributed by atoms with E-state index < -0.39 is 18.1 Å². The first kappa shape index (κ1) is 15.1. The Hall–Kier alpha value is -1.76. The van der Waals surface area contributed by atoms with Crippen LogP contribution in [0.5, 0.6) is 0 Å². The van der Waals surface area contributed by atoms with Gasteiger partial charge in [-0.05, 0) is 31.4 Å². The molecule has 1 heterocycles. The molecule has 0 fully saturated rings. The topological polar surface area (TPSA) is 82.5 Å². The zero-order chi connectivity index (χ0) is 15.5. The average molecular weight is 318 g/mol. The highest BCUT2D eigenvalue weighted by Gasteiger charge is 2.29. The van der Waals surface area contributed by atoms with Crippen LogP contribution in [-0.4, -0.2) is 33.3 Å². The minimum atomic E-state index is -1.52. The Morgan fingerprint density at radius 2 is 2.18 bits per heavy atom. The molecule has 1 aliphatic carbocycles. The van der Waals surface area contributed by atoms with Gasteiger partial charge in [0.05, 0.1) is 10.2 Å². The van der Waals surface area contributed by atoms with Crippen LogP contribution in [0.2, 0.25) is 0 Å². The van der Waals surface area contributed by atoms with Gasteiger partial charge in [-0.2, -0.15) is 0 Å². The molecule has 1 amide bonds. The quantitative estimate of drug-likeness (QED) is 0.752. The van der Waals surface area contributed by atoms with Crippen molar-refractivity contribution in [3.05, 3.63) is 41.4 Å². The van der Waals surface area contributed by atoms with Crippen LogP contribution >= 0.6 is 11.3 Å². The van der Waals surface area contributed by atoms with E-state index in [9.17, 15) is 15.0 Å². The highest BCUT2D eigenvalue weighted by Crippen LogP contribution is 2.28. The van der Waals surface area contributed by atoms with Gasteiger partial charge >= 0.3 is 0 Å². The minimum Gasteiger partial charge on any atom is -0.383 e. The summed E-state index contributed by atoms with van der Waals surface area (Å²) in [5, 5.41) is 23.4. The SMILES string of the molecule is O=C(NC1C=CCCC1)C(O)C(O)c1nc2ccccc2s1. The molecular weight excluding hydrogens is 300 g/mol. The van der Waals surface area contributed by atoms with E-state index in [2.05, 4.69) is 10.3 Å². The van der Waals surface area contributed by atoms with Gasteiger partial charge in [0.25, 0.3) is 5.91 Å². The number of aliphatic hydroxyl groups is 2. The number of allylic oxidation sites excluding steroid dienone is 1. The fraction of sp³-hybridized carbons (Fsp3) is 0.375. The third-order valence-corrected chi connectivity index (χ3v) is 4.82. The molecule has 3 N–H and O–H groups in total. The van der Waals surface area contributed by atoms with Crippen LogP contribution in [0.3, 0.4) is 0 Å². The zero-order valence-corrected chi connectivity index (χ0v) is 12.8. The number of amides is 1. The number of hydrogen-bond donors (Lipinski definition) is 3. The highest BCUT2D eigenvalue weighted by atomic mass is 32.1. The number of nitrogens with zero attached hydrogens (tertiary/aromatic N) is 1. The summed E-state index contributed by atoms with van der Waals surface area (Å²) < 4.78 is 0.916. The van der Waals surface area contributed by atoms with E-state index in [1.165, 1.54) is 11.3 Å². The van der Waals surface area contributed by atoms with Gasteiger partial charge in [0, 0.05) is 6.04 Å². The normalized spacial score (nSPS) is 20.7. The molecule has 3 atom stereocenters. The van der Waals surface area contributed by atoms with Crippen LogP contribution in [0.25, 0.3) is 10.2 Å². The molecule has 1 aliphatic rings. The molecular formula is C16H18N2O3S. The van der Waals surface area contributed by atoms with E-state index in [0.29, 0.717) is 5.01 Å². The van der Waals surface area contributed by atoms with E-state index in [-0.39, 0.29) is 6.04 Å². The van der Waals surface area contributed by atoms with Crippen molar-refractivity contribution in [2.24, 2.45) is 0 Å². The number of para-hydroxylation sites is 1. The molecule has 116 valence electrons. The third-order valence-electron chi connectivity index (χ3n) is 3.71. The van der Waals surface area contributed by atoms with Crippen LogP contribution in [0.4, 0.5) is 0 Å². The lowest BCUT2D eigenvalue weighted by Crippen LogP contribution is -2.43. The molecule has 0 bridgehead atoms. The summed E-state index contributed by atoms with van der Waals surface area (Å²) in [7, 11) is 0. The summed E-state index contributed by atoms with van der Waals surface area (Å²) in [4.78, 5) is 16.3. The summed E-state index contributed by atoms with van der Waals surface area (Å²) in [6.07, 6.45) is 4.00. The van der Waals surface area contributed by atoms with Gasteiger partial charge in [0.2, 0.25) is 0 Å². The van der Waals surface area contributed by atoms with E-state index in [1.807, 2.05) is 36.4 Å². The number of aliphatic hydroxyl groups excluding tert-OH is 2. The van der Waals surface area contributed by atoms with Crippen LogP contribution in [0, 0.1) is 0 Å². The smallest absolute Gasteiger partial charge is 0.252 e. The number of hydrogen-bond acceptors (Lipinski definition) is 5. The van der Waals surface area contributed by atoms with Crippen molar-refractivity contribution in [1.29, 1.82) is 0 Å². The summed E-state index contributed by atoms with van der Waals surface area (Å²) in [6, 6.07) is 7.40. The van der Waals surface area contributed by atoms with Crippen molar-refractivity contribution in [3.8, 4) is 0 Å². The minimum absolute atomic E-state index is 0.0709. The van der Waals surface area contributed by atoms with Gasteiger partial charge in [-0.3, -0.25) is 4.79 Å². The first-order valence-electron chi connectivity index (χ1n) is 7.34. The Morgan fingerprint density at radius 3 is 2.91 bits per heavy atom. The van der Waals surface area contributed by atoms with Gasteiger partial charge in [0.15, 0.2) is 6.10 Å². The van der Waals surface area contributed by atoms with E-state index >= 15 is 0 Å². The number of carbonyl (C=O) groups excluding carboxylic acids is 1. The van der Waals surface area contributed by atoms with Crippen LogP contribution in [-0.2, 0) is 4.79 Å². The maximum Gasteiger partial charge on any atom is 0.252 e. The van der Waals surface area contributed by atoms with Crippen molar-refractivity contribution in [2.45, 2.75) is 37.5 Å². The Balaban J connectivity index is 1.70. The van der Waals surface area contributed by atoms with E-state index in [1.54, 1.807) is 0 Å². The number of aromatic nitrogens is 1. The predicted octanol–water partition coefficient (Wildman–Crippen LogP) is 1.92. The largest absolute Gasteiger partial charge is 0.383 e. The van der Waals surface area contributed by atoms with Gasteiger partial charge < -0.3 is 15.5 Å². The Kier molecular flexibility index (Phi) is 4.52. The van der Waals surface area contributed by atoms with Gasteiger partial charge in [0.1, 0.15) is 11.1 Å². The van der Waals surface area contributed by atoms with Crippen LogP contribution in [0.1, 0.15) is 30.4 Å². The summed E-state index contributed by atoms with van der Waals surface area (Å²) in [5.74, 6) is -0.566. The fourth-order valence-corrected chi connectivity index (χ4v) is 3.48. The van der Waals surface area contributed by atoms with Crippen molar-refractivity contribution in [3.63, 3.8) is 0 Å². The molecule has 3 unspecified atom stereocenters. The lowest BCUT2D eigenvalue weighted by molar-refractivity contribution is -0.135. The third kappa shape index (κ3) is 3.19. The number of nitrogens with one attached hydrogen (secondary N) is 1. The highest BCUT2D eigenvalue weighted by molar-refractivity contribution is 7.18. The Labute approximate surface area is 132 Å². The number of benzene rings is 1. The molecule has 5 nitrogen and oxygen atoms in total. The monoisotopic (exact) mass is 318 g/mol. The number of fused-ring (bicyclic) bond motifs is 1. The van der Waals surface area contributed by atoms with E-state index in [4.69, 9.17) is 0 Å². The predicted molar refractivity (Wildman–Crippen MR) is 85.5 cm³/mol. The summed E-state index contributed by atoms with van der Waals surface area (Å²) in [5.41, 5.74) is 0.754. The number of carbonyl (C=O) groups is 1. The molecule has 22 heavy (non-hydrogen) atoms. The van der Waals surface area contributed by atoms with Gasteiger partial charge in [-0.15, -0.1) is 11.3 Å². The molecule has 0 radical (unpaired) electrons. The zero-order valence-electron chi connectivity index (χ0n) is 12.0. The maximum absolute atomic E-state index is 12.1. The molecule has 0 saturated heterocycles. The van der Waals surface area contributed by atoms with Crippen molar-refractivity contribution in [1.82, 2.24) is 10.3 Å². The van der Waals surface area contributed by atoms with Crippen molar-refractivity contribution >= 4 is 27.5 Å². The van der Waals surface area contributed by atoms with Crippen molar-refractivity contribution < 1.29 is 15.0 Å². The van der Waals surface area contributed by atoms with Crippen LogP contribution in [0.15, 0.2) is 36.4 Å². The Morgan fingerprint density at radius 1 is 1.36 bits per heavy atom. The molecule has 6 heteroatoms. The van der Waals surface area contributed by atoms with Gasteiger partial charge in [-0.25, -0.2) is 4.98 Å². The molecule has 1 aromatic carbocycles. The molecule has 0 spiro atoms. The molecule has 1 aromatic heterocycles. The Bertz CT molecular complexity index is 665.